The van der Waals surface area contributed by atoms with Crippen molar-refractivity contribution in [1.29, 1.82) is 0 Å². The van der Waals surface area contributed by atoms with Crippen LogP contribution in [0.5, 0.6) is 5.75 Å². The van der Waals surface area contributed by atoms with Crippen LogP contribution >= 0.6 is 15.9 Å². The fourth-order valence-corrected chi connectivity index (χ4v) is 3.35. The lowest BCUT2D eigenvalue weighted by Crippen LogP contribution is -2.18. The third kappa shape index (κ3) is 2.78. The van der Waals surface area contributed by atoms with Crippen LogP contribution in [0.4, 0.5) is 11.4 Å². The SMILES string of the molecule is COc1ccc(C2CCc3cc([N+](=O)[O-])cc(Br)c3N2)cc1. The molecule has 0 fully saturated rings. The summed E-state index contributed by atoms with van der Waals surface area (Å²) in [6.45, 7) is 0. The van der Waals surface area contributed by atoms with Crippen molar-refractivity contribution in [2.24, 2.45) is 0 Å². The minimum atomic E-state index is -0.361. The van der Waals surface area contributed by atoms with Gasteiger partial charge in [0, 0.05) is 16.6 Å². The molecule has 1 atom stereocenters. The molecule has 3 rings (SSSR count). The third-order valence-corrected chi connectivity index (χ3v) is 4.53. The number of ether oxygens (including phenoxy) is 1. The summed E-state index contributed by atoms with van der Waals surface area (Å²) in [4.78, 5) is 10.6. The number of nitrogens with zero attached hydrogens (tertiary/aromatic N) is 1. The maximum absolute atomic E-state index is 10.9. The van der Waals surface area contributed by atoms with Crippen LogP contribution in [-0.2, 0) is 6.42 Å². The van der Waals surface area contributed by atoms with E-state index in [4.69, 9.17) is 4.74 Å². The van der Waals surface area contributed by atoms with E-state index in [1.54, 1.807) is 19.2 Å². The zero-order valence-corrected chi connectivity index (χ0v) is 13.6. The Morgan fingerprint density at radius 3 is 2.68 bits per heavy atom. The fourth-order valence-electron chi connectivity index (χ4n) is 2.74. The molecule has 22 heavy (non-hydrogen) atoms. The number of methoxy groups -OCH3 is 1. The number of fused-ring (bicyclic) bond motifs is 1. The molecular weight excluding hydrogens is 348 g/mol. The van der Waals surface area contributed by atoms with Crippen molar-refractivity contribution in [3.63, 3.8) is 0 Å². The van der Waals surface area contributed by atoms with E-state index in [-0.39, 0.29) is 16.7 Å². The molecule has 5 nitrogen and oxygen atoms in total. The zero-order chi connectivity index (χ0) is 15.7. The van der Waals surface area contributed by atoms with Gasteiger partial charge in [-0.15, -0.1) is 0 Å². The average molecular weight is 363 g/mol. The van der Waals surface area contributed by atoms with E-state index in [9.17, 15) is 10.1 Å². The summed E-state index contributed by atoms with van der Waals surface area (Å²) in [6, 6.07) is 11.4. The van der Waals surface area contributed by atoms with Crippen molar-refractivity contribution < 1.29 is 9.66 Å². The minimum absolute atomic E-state index is 0.121. The van der Waals surface area contributed by atoms with Crippen LogP contribution in [0, 0.1) is 10.1 Å². The number of nitro benzene ring substituents is 1. The Balaban J connectivity index is 1.88. The maximum atomic E-state index is 10.9. The topological polar surface area (TPSA) is 64.4 Å². The molecule has 0 bridgehead atoms. The largest absolute Gasteiger partial charge is 0.497 e. The van der Waals surface area contributed by atoms with E-state index in [0.717, 1.165) is 34.3 Å². The van der Waals surface area contributed by atoms with Crippen molar-refractivity contribution >= 4 is 27.3 Å². The molecule has 2 aromatic carbocycles. The Kier molecular flexibility index (Phi) is 4.02. The van der Waals surface area contributed by atoms with Crippen LogP contribution in [0.3, 0.4) is 0 Å². The van der Waals surface area contributed by atoms with Gasteiger partial charge in [-0.3, -0.25) is 10.1 Å². The lowest BCUT2D eigenvalue weighted by atomic mass is 9.93. The van der Waals surface area contributed by atoms with Crippen LogP contribution in [0.1, 0.15) is 23.6 Å². The van der Waals surface area contributed by atoms with E-state index in [0.29, 0.717) is 0 Å². The number of rotatable bonds is 3. The molecule has 1 aliphatic heterocycles. The van der Waals surface area contributed by atoms with Crippen LogP contribution in [0.15, 0.2) is 40.9 Å². The molecule has 0 saturated heterocycles. The lowest BCUT2D eigenvalue weighted by Gasteiger charge is -2.28. The highest BCUT2D eigenvalue weighted by atomic mass is 79.9. The molecule has 1 unspecified atom stereocenters. The van der Waals surface area contributed by atoms with Gasteiger partial charge in [-0.05, 0) is 52.0 Å². The van der Waals surface area contributed by atoms with E-state index in [2.05, 4.69) is 21.2 Å². The van der Waals surface area contributed by atoms with Crippen molar-refractivity contribution in [1.82, 2.24) is 0 Å². The minimum Gasteiger partial charge on any atom is -0.497 e. The summed E-state index contributed by atoms with van der Waals surface area (Å²) >= 11 is 3.44. The molecule has 1 aliphatic rings. The second-order valence-corrected chi connectivity index (χ2v) is 6.08. The highest BCUT2D eigenvalue weighted by Crippen LogP contribution is 2.39. The highest BCUT2D eigenvalue weighted by Gasteiger charge is 2.23. The van der Waals surface area contributed by atoms with Gasteiger partial charge in [0.1, 0.15) is 5.75 Å². The van der Waals surface area contributed by atoms with Gasteiger partial charge in [0.2, 0.25) is 0 Å². The van der Waals surface area contributed by atoms with E-state index < -0.39 is 0 Å². The van der Waals surface area contributed by atoms with E-state index in [1.807, 2.05) is 24.3 Å². The molecule has 0 aliphatic carbocycles. The number of non-ortho nitro benzene ring substituents is 1. The van der Waals surface area contributed by atoms with Gasteiger partial charge < -0.3 is 10.1 Å². The van der Waals surface area contributed by atoms with Crippen LogP contribution in [-0.4, -0.2) is 12.0 Å². The Bertz CT molecular complexity index is 716. The highest BCUT2D eigenvalue weighted by molar-refractivity contribution is 9.10. The molecule has 0 radical (unpaired) electrons. The van der Waals surface area contributed by atoms with Gasteiger partial charge in [0.15, 0.2) is 0 Å². The van der Waals surface area contributed by atoms with Gasteiger partial charge in [-0.2, -0.15) is 0 Å². The van der Waals surface area contributed by atoms with E-state index in [1.165, 1.54) is 5.56 Å². The molecule has 0 saturated carbocycles. The van der Waals surface area contributed by atoms with Crippen molar-refractivity contribution in [2.45, 2.75) is 18.9 Å². The monoisotopic (exact) mass is 362 g/mol. The van der Waals surface area contributed by atoms with Gasteiger partial charge in [-0.1, -0.05) is 12.1 Å². The standard InChI is InChI=1S/C16H15BrN2O3/c1-22-13-5-2-10(3-6-13)15-7-4-11-8-12(19(20)21)9-14(17)16(11)18-15/h2-3,5-6,8-9,15,18H,4,7H2,1H3. The fraction of sp³-hybridized carbons (Fsp3) is 0.250. The Hall–Kier alpha value is -2.08. The smallest absolute Gasteiger partial charge is 0.270 e. The number of aryl methyl sites for hydroxylation is 1. The van der Waals surface area contributed by atoms with Crippen molar-refractivity contribution in [3.8, 4) is 5.75 Å². The quantitative estimate of drug-likeness (QED) is 0.646. The average Bonchev–Trinajstić information content (AvgIpc) is 2.54. The summed E-state index contributed by atoms with van der Waals surface area (Å²) in [6.07, 6.45) is 1.70. The first-order chi connectivity index (χ1) is 10.6. The number of nitrogens with one attached hydrogen (secondary N) is 1. The van der Waals surface area contributed by atoms with Gasteiger partial charge >= 0.3 is 0 Å². The van der Waals surface area contributed by atoms with Crippen molar-refractivity contribution in [3.05, 3.63) is 62.1 Å². The summed E-state index contributed by atoms with van der Waals surface area (Å²) in [5.41, 5.74) is 3.22. The second kappa shape index (κ2) is 5.96. The molecular formula is C16H15BrN2O3. The van der Waals surface area contributed by atoms with Crippen LogP contribution < -0.4 is 10.1 Å². The van der Waals surface area contributed by atoms with Gasteiger partial charge in [-0.25, -0.2) is 0 Å². The summed E-state index contributed by atoms with van der Waals surface area (Å²) in [5.74, 6) is 0.830. The number of nitro groups is 1. The first-order valence-electron chi connectivity index (χ1n) is 6.96. The predicted molar refractivity (Wildman–Crippen MR) is 88.5 cm³/mol. The van der Waals surface area contributed by atoms with Crippen molar-refractivity contribution in [2.75, 3.05) is 12.4 Å². The summed E-state index contributed by atoms with van der Waals surface area (Å²) < 4.78 is 5.91. The Morgan fingerprint density at radius 2 is 2.05 bits per heavy atom. The first kappa shape index (κ1) is 14.8. The molecule has 1 heterocycles. The van der Waals surface area contributed by atoms with Gasteiger partial charge in [0.25, 0.3) is 5.69 Å². The van der Waals surface area contributed by atoms with E-state index >= 15 is 0 Å². The Morgan fingerprint density at radius 1 is 1.32 bits per heavy atom. The predicted octanol–water partition coefficient (Wildman–Crippen LogP) is 4.47. The molecule has 2 aromatic rings. The number of benzene rings is 2. The molecule has 0 amide bonds. The lowest BCUT2D eigenvalue weighted by molar-refractivity contribution is -0.385. The summed E-state index contributed by atoms with van der Waals surface area (Å²) in [5, 5.41) is 14.4. The molecule has 6 heteroatoms. The second-order valence-electron chi connectivity index (χ2n) is 5.23. The molecule has 0 aromatic heterocycles. The third-order valence-electron chi connectivity index (χ3n) is 3.91. The molecule has 1 N–H and O–H groups in total. The zero-order valence-electron chi connectivity index (χ0n) is 12.0. The number of halogens is 1. The summed E-state index contributed by atoms with van der Waals surface area (Å²) in [7, 11) is 1.65. The van der Waals surface area contributed by atoms with Crippen LogP contribution in [0.25, 0.3) is 0 Å². The number of hydrogen-bond acceptors (Lipinski definition) is 4. The first-order valence-corrected chi connectivity index (χ1v) is 7.75. The Labute approximate surface area is 136 Å². The molecule has 0 spiro atoms. The molecule has 114 valence electrons. The number of anilines is 1. The number of hydrogen-bond donors (Lipinski definition) is 1. The van der Waals surface area contributed by atoms with Crippen LogP contribution in [0.2, 0.25) is 0 Å². The van der Waals surface area contributed by atoms with Gasteiger partial charge in [0.05, 0.1) is 23.8 Å². The normalized spacial score (nSPS) is 16.5. The maximum Gasteiger partial charge on any atom is 0.270 e.